The summed E-state index contributed by atoms with van der Waals surface area (Å²) in [6, 6.07) is 17.0. The standard InChI is InChI=1S/C23H22BrNO3/c1-23(2,20(26)13-10-16-8-11-18(24)12-9-16)19-14-21(27)25(22(19)28)15-17-6-4-3-5-7-17/h3-13,19H,14-15H2,1-2H3/b13-10+/t19-/m0/s1. The van der Waals surface area contributed by atoms with Crippen molar-refractivity contribution in [2.75, 3.05) is 0 Å². The molecule has 1 heterocycles. The number of halogens is 1. The highest BCUT2D eigenvalue weighted by Gasteiger charge is 2.49. The van der Waals surface area contributed by atoms with Crippen LogP contribution in [0.3, 0.4) is 0 Å². The second kappa shape index (κ2) is 8.23. The molecule has 0 aromatic heterocycles. The predicted molar refractivity (Wildman–Crippen MR) is 112 cm³/mol. The smallest absolute Gasteiger partial charge is 0.234 e. The molecule has 0 radical (unpaired) electrons. The molecule has 0 bridgehead atoms. The molecule has 4 nitrogen and oxygen atoms in total. The van der Waals surface area contributed by atoms with Crippen molar-refractivity contribution in [3.63, 3.8) is 0 Å². The number of hydrogen-bond acceptors (Lipinski definition) is 3. The molecule has 1 atom stereocenters. The van der Waals surface area contributed by atoms with Crippen molar-refractivity contribution in [1.82, 2.24) is 4.90 Å². The number of imide groups is 1. The van der Waals surface area contributed by atoms with Gasteiger partial charge in [0.1, 0.15) is 0 Å². The lowest BCUT2D eigenvalue weighted by Crippen LogP contribution is -2.38. The molecule has 2 amide bonds. The first-order valence-electron chi connectivity index (χ1n) is 9.15. The zero-order chi connectivity index (χ0) is 20.3. The molecule has 3 rings (SSSR count). The summed E-state index contributed by atoms with van der Waals surface area (Å²) in [5.74, 6) is -1.31. The third kappa shape index (κ3) is 4.30. The molecule has 5 heteroatoms. The number of carbonyl (C=O) groups excluding carboxylic acids is 3. The molecule has 144 valence electrons. The van der Waals surface area contributed by atoms with Crippen molar-refractivity contribution in [3.8, 4) is 0 Å². The first-order valence-corrected chi connectivity index (χ1v) is 9.94. The number of nitrogens with zero attached hydrogens (tertiary/aromatic N) is 1. The van der Waals surface area contributed by atoms with Crippen LogP contribution in [0.15, 0.2) is 65.1 Å². The Morgan fingerprint density at radius 3 is 2.39 bits per heavy atom. The van der Waals surface area contributed by atoms with Gasteiger partial charge in [0.25, 0.3) is 0 Å². The van der Waals surface area contributed by atoms with Crippen LogP contribution in [0.2, 0.25) is 0 Å². The van der Waals surface area contributed by atoms with Crippen molar-refractivity contribution in [3.05, 3.63) is 76.3 Å². The Morgan fingerprint density at radius 2 is 1.75 bits per heavy atom. The van der Waals surface area contributed by atoms with Gasteiger partial charge in [0.05, 0.1) is 12.5 Å². The summed E-state index contributed by atoms with van der Waals surface area (Å²) >= 11 is 3.38. The van der Waals surface area contributed by atoms with Crippen LogP contribution >= 0.6 is 15.9 Å². The predicted octanol–water partition coefficient (Wildman–Crippen LogP) is 4.63. The molecule has 0 unspecified atom stereocenters. The molecule has 1 aliphatic heterocycles. The maximum absolute atomic E-state index is 12.9. The highest BCUT2D eigenvalue weighted by Crippen LogP contribution is 2.37. The number of benzene rings is 2. The highest BCUT2D eigenvalue weighted by atomic mass is 79.9. The maximum Gasteiger partial charge on any atom is 0.234 e. The molecule has 1 fully saturated rings. The molecule has 1 aliphatic rings. The van der Waals surface area contributed by atoms with Gasteiger partial charge in [-0.05, 0) is 29.3 Å². The monoisotopic (exact) mass is 439 g/mol. The zero-order valence-electron chi connectivity index (χ0n) is 15.9. The summed E-state index contributed by atoms with van der Waals surface area (Å²) in [6.45, 7) is 3.72. The summed E-state index contributed by atoms with van der Waals surface area (Å²) in [5, 5.41) is 0. The van der Waals surface area contributed by atoms with E-state index < -0.39 is 11.3 Å². The fraction of sp³-hybridized carbons (Fsp3) is 0.261. The first kappa shape index (κ1) is 20.2. The van der Waals surface area contributed by atoms with Crippen molar-refractivity contribution in [1.29, 1.82) is 0 Å². The van der Waals surface area contributed by atoms with Crippen molar-refractivity contribution in [2.24, 2.45) is 11.3 Å². The number of carbonyl (C=O) groups is 3. The van der Waals surface area contributed by atoms with Gasteiger partial charge in [0, 0.05) is 16.3 Å². The Morgan fingerprint density at radius 1 is 1.11 bits per heavy atom. The molecule has 1 saturated heterocycles. The van der Waals surface area contributed by atoms with E-state index in [-0.39, 0.29) is 30.6 Å². The minimum absolute atomic E-state index is 0.0660. The van der Waals surface area contributed by atoms with Crippen LogP contribution in [0.4, 0.5) is 0 Å². The maximum atomic E-state index is 12.9. The Bertz CT molecular complexity index is 917. The molecule has 28 heavy (non-hydrogen) atoms. The van der Waals surface area contributed by atoms with E-state index in [4.69, 9.17) is 0 Å². The van der Waals surface area contributed by atoms with Gasteiger partial charge >= 0.3 is 0 Å². The minimum atomic E-state index is -0.954. The molecule has 0 aliphatic carbocycles. The number of amides is 2. The van der Waals surface area contributed by atoms with Crippen LogP contribution in [0, 0.1) is 11.3 Å². The first-order chi connectivity index (χ1) is 13.3. The van der Waals surface area contributed by atoms with Crippen LogP contribution in [-0.4, -0.2) is 22.5 Å². The Balaban J connectivity index is 1.73. The lowest BCUT2D eigenvalue weighted by atomic mass is 9.74. The molecule has 0 N–H and O–H groups in total. The topological polar surface area (TPSA) is 54.5 Å². The highest BCUT2D eigenvalue weighted by molar-refractivity contribution is 9.10. The van der Waals surface area contributed by atoms with Crippen molar-refractivity contribution in [2.45, 2.75) is 26.8 Å². The van der Waals surface area contributed by atoms with Gasteiger partial charge in [-0.1, -0.05) is 78.3 Å². The SMILES string of the molecule is CC(C)(C(=O)/C=C/c1ccc(Br)cc1)[C@H]1CC(=O)N(Cc2ccccc2)C1=O. The molecule has 2 aromatic rings. The Hall–Kier alpha value is -2.53. The van der Waals surface area contributed by atoms with Crippen LogP contribution in [0.25, 0.3) is 6.08 Å². The third-order valence-electron chi connectivity index (χ3n) is 5.23. The number of likely N-dealkylation sites (tertiary alicyclic amines) is 1. The van der Waals surface area contributed by atoms with Crippen LogP contribution < -0.4 is 0 Å². The summed E-state index contributed by atoms with van der Waals surface area (Å²) in [4.78, 5) is 39.5. The van der Waals surface area contributed by atoms with E-state index in [2.05, 4.69) is 15.9 Å². The van der Waals surface area contributed by atoms with E-state index in [1.807, 2.05) is 54.6 Å². The number of allylic oxidation sites excluding steroid dienone is 1. The molecular weight excluding hydrogens is 418 g/mol. The number of hydrogen-bond donors (Lipinski definition) is 0. The van der Waals surface area contributed by atoms with E-state index in [0.29, 0.717) is 0 Å². The van der Waals surface area contributed by atoms with Gasteiger partial charge in [0.15, 0.2) is 5.78 Å². The second-order valence-corrected chi connectivity index (χ2v) is 8.45. The second-order valence-electron chi connectivity index (χ2n) is 7.53. The number of ketones is 1. The van der Waals surface area contributed by atoms with E-state index in [9.17, 15) is 14.4 Å². The van der Waals surface area contributed by atoms with Crippen LogP contribution in [0.5, 0.6) is 0 Å². The largest absolute Gasteiger partial charge is 0.294 e. The van der Waals surface area contributed by atoms with Gasteiger partial charge in [-0.15, -0.1) is 0 Å². The van der Waals surface area contributed by atoms with Gasteiger partial charge in [-0.25, -0.2) is 0 Å². The minimum Gasteiger partial charge on any atom is -0.294 e. The lowest BCUT2D eigenvalue weighted by molar-refractivity contribution is -0.143. The quantitative estimate of drug-likeness (QED) is 0.486. The summed E-state index contributed by atoms with van der Waals surface area (Å²) in [6.07, 6.45) is 3.30. The van der Waals surface area contributed by atoms with E-state index in [1.165, 1.54) is 11.0 Å². The molecule has 0 saturated carbocycles. The van der Waals surface area contributed by atoms with Crippen molar-refractivity contribution >= 4 is 39.6 Å². The van der Waals surface area contributed by atoms with Crippen molar-refractivity contribution < 1.29 is 14.4 Å². The summed E-state index contributed by atoms with van der Waals surface area (Å²) in [7, 11) is 0. The third-order valence-corrected chi connectivity index (χ3v) is 5.76. The lowest BCUT2D eigenvalue weighted by Gasteiger charge is -2.27. The fourth-order valence-corrected chi connectivity index (χ4v) is 3.58. The Labute approximate surface area is 173 Å². The average molecular weight is 440 g/mol. The van der Waals surface area contributed by atoms with Gasteiger partial charge in [0.2, 0.25) is 11.8 Å². The van der Waals surface area contributed by atoms with E-state index in [1.54, 1.807) is 19.9 Å². The van der Waals surface area contributed by atoms with Gasteiger partial charge in [-0.3, -0.25) is 19.3 Å². The molecule has 2 aromatic carbocycles. The van der Waals surface area contributed by atoms with Gasteiger partial charge < -0.3 is 0 Å². The van der Waals surface area contributed by atoms with E-state index in [0.717, 1.165) is 15.6 Å². The van der Waals surface area contributed by atoms with E-state index >= 15 is 0 Å². The summed E-state index contributed by atoms with van der Waals surface area (Å²) < 4.78 is 0.963. The summed E-state index contributed by atoms with van der Waals surface area (Å²) in [5.41, 5.74) is 0.834. The van der Waals surface area contributed by atoms with Crippen LogP contribution in [-0.2, 0) is 20.9 Å². The number of rotatable bonds is 6. The van der Waals surface area contributed by atoms with Crippen LogP contribution in [0.1, 0.15) is 31.4 Å². The normalized spacial score (nSPS) is 17.5. The molecule has 0 spiro atoms. The van der Waals surface area contributed by atoms with Gasteiger partial charge in [-0.2, -0.15) is 0 Å². The fourth-order valence-electron chi connectivity index (χ4n) is 3.31. The average Bonchev–Trinajstić information content (AvgIpc) is 2.97. The zero-order valence-corrected chi connectivity index (χ0v) is 17.5. The molecular formula is C23H22BrNO3. The Kier molecular flexibility index (Phi) is 5.94.